The van der Waals surface area contributed by atoms with Crippen molar-refractivity contribution >= 4 is 11.6 Å². The maximum absolute atomic E-state index is 12.4. The van der Waals surface area contributed by atoms with E-state index >= 15 is 0 Å². The summed E-state index contributed by atoms with van der Waals surface area (Å²) in [7, 11) is 0. The van der Waals surface area contributed by atoms with Crippen LogP contribution in [0, 0.1) is 6.92 Å². The minimum absolute atomic E-state index is 0.0797. The average Bonchev–Trinajstić information content (AvgIpc) is 2.99. The van der Waals surface area contributed by atoms with E-state index in [4.69, 9.17) is 0 Å². The number of nitrogens with zero attached hydrogens (tertiary/aromatic N) is 2. The Balaban J connectivity index is 1.84. The van der Waals surface area contributed by atoms with E-state index in [0.29, 0.717) is 18.2 Å². The molecule has 21 heavy (non-hydrogen) atoms. The van der Waals surface area contributed by atoms with Crippen molar-refractivity contribution in [1.82, 2.24) is 20.0 Å². The maximum Gasteiger partial charge on any atom is 0.270 e. The van der Waals surface area contributed by atoms with E-state index in [-0.39, 0.29) is 17.0 Å². The van der Waals surface area contributed by atoms with Crippen LogP contribution < -0.4 is 16.2 Å². The van der Waals surface area contributed by atoms with Gasteiger partial charge in [-0.3, -0.25) is 14.0 Å². The Morgan fingerprint density at radius 2 is 2.38 bits per heavy atom. The van der Waals surface area contributed by atoms with E-state index in [1.807, 2.05) is 13.0 Å². The molecule has 1 amide bonds. The zero-order chi connectivity index (χ0) is 14.8. The number of nitrogens with one attached hydrogen (secondary N) is 2. The number of hydrogen-bond acceptors (Lipinski definition) is 4. The fourth-order valence-corrected chi connectivity index (χ4v) is 2.58. The monoisotopic (exact) mass is 286 g/mol. The summed E-state index contributed by atoms with van der Waals surface area (Å²) in [5, 5.41) is 6.11. The minimum atomic E-state index is -0.364. The molecule has 3 rings (SSSR count). The van der Waals surface area contributed by atoms with Crippen molar-refractivity contribution in [1.29, 1.82) is 0 Å². The van der Waals surface area contributed by atoms with Crippen LogP contribution in [-0.2, 0) is 0 Å². The number of pyridine rings is 1. The molecule has 110 valence electrons. The second-order valence-electron chi connectivity index (χ2n) is 5.41. The third kappa shape index (κ3) is 2.80. The Hall–Kier alpha value is -2.21. The number of fused-ring (bicyclic) bond motifs is 1. The Bertz CT molecular complexity index is 732. The summed E-state index contributed by atoms with van der Waals surface area (Å²) in [5.74, 6) is -0.364. The number of amides is 1. The average molecular weight is 286 g/mol. The molecule has 6 heteroatoms. The highest BCUT2D eigenvalue weighted by Gasteiger charge is 2.17. The molecule has 2 aromatic heterocycles. The van der Waals surface area contributed by atoms with Gasteiger partial charge < -0.3 is 10.6 Å². The fraction of sp³-hybridized carbons (Fsp3) is 0.400. The smallest absolute Gasteiger partial charge is 0.270 e. The van der Waals surface area contributed by atoms with Crippen LogP contribution in [0.15, 0.2) is 29.3 Å². The number of carbonyl (C=O) groups excluding carboxylic acids is 1. The lowest BCUT2D eigenvalue weighted by molar-refractivity contribution is 0.0948. The lowest BCUT2D eigenvalue weighted by Crippen LogP contribution is -2.39. The molecule has 1 saturated heterocycles. The van der Waals surface area contributed by atoms with Crippen molar-refractivity contribution in [3.05, 3.63) is 46.0 Å². The normalized spacial score (nSPS) is 18.0. The van der Waals surface area contributed by atoms with Gasteiger partial charge in [0.25, 0.3) is 11.5 Å². The molecule has 0 spiro atoms. The van der Waals surface area contributed by atoms with Crippen LogP contribution >= 0.6 is 0 Å². The molecule has 0 bridgehead atoms. The standard InChI is InChI=1S/C15H18N4O2/c1-10-4-5-13-17-8-12(15(21)19(13)9-10)14(20)18-7-11-3-2-6-16-11/h4-5,8-9,11,16H,2-3,6-7H2,1H3,(H,18,20). The zero-order valence-corrected chi connectivity index (χ0v) is 11.9. The first-order valence-corrected chi connectivity index (χ1v) is 7.15. The van der Waals surface area contributed by atoms with E-state index in [9.17, 15) is 9.59 Å². The Morgan fingerprint density at radius 1 is 1.52 bits per heavy atom. The van der Waals surface area contributed by atoms with Gasteiger partial charge >= 0.3 is 0 Å². The van der Waals surface area contributed by atoms with Gasteiger partial charge in [-0.15, -0.1) is 0 Å². The van der Waals surface area contributed by atoms with E-state index in [1.54, 1.807) is 12.3 Å². The highest BCUT2D eigenvalue weighted by Crippen LogP contribution is 2.04. The van der Waals surface area contributed by atoms with Crippen LogP contribution in [0.5, 0.6) is 0 Å². The van der Waals surface area contributed by atoms with Gasteiger partial charge in [-0.25, -0.2) is 4.98 Å². The van der Waals surface area contributed by atoms with E-state index in [0.717, 1.165) is 24.9 Å². The molecule has 2 N–H and O–H groups in total. The Kier molecular flexibility index (Phi) is 3.70. The van der Waals surface area contributed by atoms with E-state index < -0.39 is 0 Å². The number of rotatable bonds is 3. The molecular weight excluding hydrogens is 268 g/mol. The molecule has 2 aromatic rings. The van der Waals surface area contributed by atoms with Gasteiger partial charge in [0.1, 0.15) is 11.2 Å². The number of hydrogen-bond donors (Lipinski definition) is 2. The fourth-order valence-electron chi connectivity index (χ4n) is 2.58. The zero-order valence-electron chi connectivity index (χ0n) is 11.9. The molecule has 0 saturated carbocycles. The summed E-state index contributed by atoms with van der Waals surface area (Å²) in [6, 6.07) is 3.95. The summed E-state index contributed by atoms with van der Waals surface area (Å²) >= 11 is 0. The topological polar surface area (TPSA) is 75.5 Å². The number of carbonyl (C=O) groups is 1. The van der Waals surface area contributed by atoms with Gasteiger partial charge in [0.15, 0.2) is 0 Å². The minimum Gasteiger partial charge on any atom is -0.350 e. The van der Waals surface area contributed by atoms with Crippen LogP contribution in [-0.4, -0.2) is 34.4 Å². The van der Waals surface area contributed by atoms with E-state index in [2.05, 4.69) is 15.6 Å². The second kappa shape index (κ2) is 5.65. The van der Waals surface area contributed by atoms with Gasteiger partial charge in [-0.1, -0.05) is 6.07 Å². The van der Waals surface area contributed by atoms with Crippen molar-refractivity contribution in [3.63, 3.8) is 0 Å². The van der Waals surface area contributed by atoms with Gasteiger partial charge in [0.2, 0.25) is 0 Å². The van der Waals surface area contributed by atoms with Crippen molar-refractivity contribution in [2.24, 2.45) is 0 Å². The third-order valence-corrected chi connectivity index (χ3v) is 3.77. The summed E-state index contributed by atoms with van der Waals surface area (Å²) in [5.41, 5.74) is 1.23. The third-order valence-electron chi connectivity index (χ3n) is 3.77. The largest absolute Gasteiger partial charge is 0.350 e. The first-order valence-electron chi connectivity index (χ1n) is 7.15. The van der Waals surface area contributed by atoms with Gasteiger partial charge in [-0.05, 0) is 37.9 Å². The number of aryl methyl sites for hydroxylation is 1. The summed E-state index contributed by atoms with van der Waals surface area (Å²) in [6.45, 7) is 3.42. The molecular formula is C15H18N4O2. The predicted octanol–water partition coefficient (Wildman–Crippen LogP) is 0.485. The van der Waals surface area contributed by atoms with Crippen molar-refractivity contribution < 1.29 is 4.79 Å². The lowest BCUT2D eigenvalue weighted by Gasteiger charge is -2.11. The first kappa shape index (κ1) is 13.8. The van der Waals surface area contributed by atoms with Crippen LogP contribution in [0.3, 0.4) is 0 Å². The summed E-state index contributed by atoms with van der Waals surface area (Å²) in [6.07, 6.45) is 5.22. The SMILES string of the molecule is Cc1ccc2ncc(C(=O)NCC3CCCN3)c(=O)n2c1. The highest BCUT2D eigenvalue weighted by molar-refractivity contribution is 5.93. The summed E-state index contributed by atoms with van der Waals surface area (Å²) in [4.78, 5) is 28.7. The van der Waals surface area contributed by atoms with Crippen LogP contribution in [0.4, 0.5) is 0 Å². The van der Waals surface area contributed by atoms with Crippen LogP contribution in [0.25, 0.3) is 5.65 Å². The molecule has 1 fully saturated rings. The van der Waals surface area contributed by atoms with Crippen LogP contribution in [0.1, 0.15) is 28.8 Å². The van der Waals surface area contributed by atoms with Gasteiger partial charge in [0.05, 0.1) is 0 Å². The maximum atomic E-state index is 12.4. The van der Waals surface area contributed by atoms with E-state index in [1.165, 1.54) is 10.6 Å². The summed E-state index contributed by atoms with van der Waals surface area (Å²) < 4.78 is 1.41. The Labute approximate surface area is 122 Å². The second-order valence-corrected chi connectivity index (χ2v) is 5.41. The quantitative estimate of drug-likeness (QED) is 0.861. The molecule has 1 unspecified atom stereocenters. The Morgan fingerprint density at radius 3 is 3.14 bits per heavy atom. The molecule has 0 radical (unpaired) electrons. The molecule has 1 aliphatic rings. The van der Waals surface area contributed by atoms with Crippen molar-refractivity contribution in [3.8, 4) is 0 Å². The highest BCUT2D eigenvalue weighted by atomic mass is 16.2. The van der Waals surface area contributed by atoms with Gasteiger partial charge in [-0.2, -0.15) is 0 Å². The lowest BCUT2D eigenvalue weighted by atomic mass is 10.2. The molecule has 1 atom stereocenters. The van der Waals surface area contributed by atoms with Crippen LogP contribution in [0.2, 0.25) is 0 Å². The van der Waals surface area contributed by atoms with Crippen molar-refractivity contribution in [2.45, 2.75) is 25.8 Å². The molecule has 0 aliphatic carbocycles. The van der Waals surface area contributed by atoms with Gasteiger partial charge in [0, 0.05) is 25.0 Å². The molecule has 0 aromatic carbocycles. The van der Waals surface area contributed by atoms with Crippen molar-refractivity contribution in [2.75, 3.05) is 13.1 Å². The molecule has 1 aliphatic heterocycles. The molecule has 6 nitrogen and oxygen atoms in total. The predicted molar refractivity (Wildman–Crippen MR) is 79.6 cm³/mol. The first-order chi connectivity index (χ1) is 10.1. The number of aromatic nitrogens is 2. The molecule has 3 heterocycles.